The summed E-state index contributed by atoms with van der Waals surface area (Å²) in [4.78, 5) is 4.10. The molecule has 0 aromatic carbocycles. The zero-order chi connectivity index (χ0) is 10.4. The molecule has 1 aromatic rings. The summed E-state index contributed by atoms with van der Waals surface area (Å²) in [6, 6.07) is 3.67. The average molecular weight is 178 g/mol. The largest absolute Gasteiger partial charge is 0.397 e. The molecule has 0 bridgehead atoms. The Balaban J connectivity index is 0.000000671. The van der Waals surface area contributed by atoms with Crippen LogP contribution in [0.5, 0.6) is 0 Å². The number of nitrogens with zero attached hydrogens (tertiary/aromatic N) is 2. The van der Waals surface area contributed by atoms with Gasteiger partial charge in [-0.1, -0.05) is 0 Å². The molecule has 70 valence electrons. The molecule has 0 fully saturated rings. The van der Waals surface area contributed by atoms with Gasteiger partial charge in [-0.2, -0.15) is 5.26 Å². The molecule has 0 spiro atoms. The highest BCUT2D eigenvalue weighted by atomic mass is 14.7. The first-order valence-electron chi connectivity index (χ1n) is 3.86. The van der Waals surface area contributed by atoms with Crippen molar-refractivity contribution in [2.24, 2.45) is 5.73 Å². The number of aromatic nitrogens is 1. The highest BCUT2D eigenvalue weighted by Crippen LogP contribution is 2.12. The van der Waals surface area contributed by atoms with Gasteiger partial charge in [0.15, 0.2) is 0 Å². The number of aryl methyl sites for hydroxylation is 2. The van der Waals surface area contributed by atoms with E-state index in [1.54, 1.807) is 13.0 Å². The monoisotopic (exact) mass is 178 g/mol. The number of hydrogen-bond acceptors (Lipinski definition) is 4. The van der Waals surface area contributed by atoms with Crippen LogP contribution >= 0.6 is 0 Å². The molecule has 0 radical (unpaired) electrons. The lowest BCUT2D eigenvalue weighted by molar-refractivity contribution is 1.11. The van der Waals surface area contributed by atoms with Gasteiger partial charge in [0.25, 0.3) is 0 Å². The molecule has 4 nitrogen and oxygen atoms in total. The van der Waals surface area contributed by atoms with Gasteiger partial charge in [0.2, 0.25) is 0 Å². The fraction of sp³-hybridized carbons (Fsp3) is 0.333. The maximum atomic E-state index is 8.59. The number of nitriles is 1. The lowest BCUT2D eigenvalue weighted by Gasteiger charge is -2.01. The van der Waals surface area contributed by atoms with E-state index in [2.05, 4.69) is 10.7 Å². The molecule has 1 heterocycles. The lowest BCUT2D eigenvalue weighted by Crippen LogP contribution is -1.97. The van der Waals surface area contributed by atoms with E-state index < -0.39 is 0 Å². The number of rotatable bonds is 0. The van der Waals surface area contributed by atoms with E-state index in [4.69, 9.17) is 11.0 Å². The molecule has 4 heteroatoms. The van der Waals surface area contributed by atoms with E-state index in [9.17, 15) is 0 Å². The first-order valence-corrected chi connectivity index (χ1v) is 3.86. The van der Waals surface area contributed by atoms with E-state index in [0.717, 1.165) is 11.4 Å². The second-order valence-corrected chi connectivity index (χ2v) is 2.41. The maximum Gasteiger partial charge on any atom is 0.101 e. The van der Waals surface area contributed by atoms with E-state index in [1.807, 2.05) is 13.0 Å². The zero-order valence-electron chi connectivity index (χ0n) is 8.13. The van der Waals surface area contributed by atoms with Gasteiger partial charge in [0.1, 0.15) is 6.07 Å². The smallest absolute Gasteiger partial charge is 0.101 e. The fourth-order valence-corrected chi connectivity index (χ4v) is 0.854. The molecule has 0 aliphatic heterocycles. The highest BCUT2D eigenvalue weighted by molar-refractivity contribution is 5.49. The number of nitrogen functional groups attached to an aromatic ring is 1. The zero-order valence-corrected chi connectivity index (χ0v) is 8.13. The van der Waals surface area contributed by atoms with Crippen molar-refractivity contribution in [3.8, 4) is 6.07 Å². The molecule has 0 unspecified atom stereocenters. The van der Waals surface area contributed by atoms with Gasteiger partial charge in [-0.25, -0.2) is 0 Å². The number of pyridine rings is 1. The normalized spacial score (nSPS) is 8.23. The molecule has 4 N–H and O–H groups in total. The SMILES string of the molecule is CN.Cc1nc(C)c(C#N)cc1N. The van der Waals surface area contributed by atoms with Crippen LogP contribution in [0.4, 0.5) is 5.69 Å². The molecule has 0 saturated heterocycles. The van der Waals surface area contributed by atoms with Gasteiger partial charge in [-0.3, -0.25) is 4.98 Å². The van der Waals surface area contributed by atoms with Crippen molar-refractivity contribution >= 4 is 5.69 Å². The van der Waals surface area contributed by atoms with Crippen molar-refractivity contribution < 1.29 is 0 Å². The van der Waals surface area contributed by atoms with Crippen LogP contribution < -0.4 is 11.5 Å². The third kappa shape index (κ3) is 2.73. The van der Waals surface area contributed by atoms with Crippen molar-refractivity contribution in [3.63, 3.8) is 0 Å². The number of nitrogens with two attached hydrogens (primary N) is 2. The van der Waals surface area contributed by atoms with E-state index in [-0.39, 0.29) is 0 Å². The second kappa shape index (κ2) is 5.12. The standard InChI is InChI=1S/C8H9N3.CH5N/c1-5-7(4-9)3-8(10)6(2)11-5;1-2/h3H,10H2,1-2H3;2H2,1H3. The number of hydrogen-bond donors (Lipinski definition) is 2. The Hall–Kier alpha value is -1.60. The summed E-state index contributed by atoms with van der Waals surface area (Å²) in [5.41, 5.74) is 12.7. The van der Waals surface area contributed by atoms with Gasteiger partial charge in [-0.05, 0) is 27.0 Å². The summed E-state index contributed by atoms with van der Waals surface area (Å²) in [6.07, 6.45) is 0. The molecule has 0 aliphatic carbocycles. The summed E-state index contributed by atoms with van der Waals surface area (Å²) in [5.74, 6) is 0. The minimum Gasteiger partial charge on any atom is -0.397 e. The van der Waals surface area contributed by atoms with Crippen LogP contribution in [0, 0.1) is 25.2 Å². The van der Waals surface area contributed by atoms with Crippen molar-refractivity contribution in [1.82, 2.24) is 4.98 Å². The van der Waals surface area contributed by atoms with Crippen molar-refractivity contribution in [2.75, 3.05) is 12.8 Å². The summed E-state index contributed by atoms with van der Waals surface area (Å²) in [5, 5.41) is 8.59. The Bertz CT molecular complexity index is 325. The topological polar surface area (TPSA) is 88.7 Å². The molecule has 0 aliphatic rings. The minimum absolute atomic E-state index is 0.549. The summed E-state index contributed by atoms with van der Waals surface area (Å²) in [6.45, 7) is 3.62. The van der Waals surface area contributed by atoms with Crippen molar-refractivity contribution in [2.45, 2.75) is 13.8 Å². The molecule has 13 heavy (non-hydrogen) atoms. The Morgan fingerprint density at radius 3 is 2.31 bits per heavy atom. The molecule has 1 aromatic heterocycles. The Morgan fingerprint density at radius 2 is 1.85 bits per heavy atom. The van der Waals surface area contributed by atoms with Gasteiger partial charge in [0, 0.05) is 0 Å². The second-order valence-electron chi connectivity index (χ2n) is 2.41. The third-order valence-electron chi connectivity index (χ3n) is 1.56. The minimum atomic E-state index is 0.549. The van der Waals surface area contributed by atoms with Crippen LogP contribution in [0.15, 0.2) is 6.07 Å². The molecule has 0 atom stereocenters. The first kappa shape index (κ1) is 11.4. The molecular formula is C9H14N4. The molecule has 0 saturated carbocycles. The highest BCUT2D eigenvalue weighted by Gasteiger charge is 2.01. The molecule has 1 rings (SSSR count). The fourth-order valence-electron chi connectivity index (χ4n) is 0.854. The predicted molar refractivity (Wildman–Crippen MR) is 52.9 cm³/mol. The van der Waals surface area contributed by atoms with Crippen LogP contribution in [-0.2, 0) is 0 Å². The van der Waals surface area contributed by atoms with E-state index in [0.29, 0.717) is 11.3 Å². The summed E-state index contributed by atoms with van der Waals surface area (Å²) < 4.78 is 0. The summed E-state index contributed by atoms with van der Waals surface area (Å²) in [7, 11) is 1.50. The predicted octanol–water partition coefficient (Wildman–Crippen LogP) is 0.727. The molecular weight excluding hydrogens is 164 g/mol. The number of anilines is 1. The summed E-state index contributed by atoms with van der Waals surface area (Å²) >= 11 is 0. The van der Waals surface area contributed by atoms with Crippen LogP contribution in [0.25, 0.3) is 0 Å². The van der Waals surface area contributed by atoms with Crippen molar-refractivity contribution in [1.29, 1.82) is 5.26 Å². The van der Waals surface area contributed by atoms with Gasteiger partial charge >= 0.3 is 0 Å². The Morgan fingerprint density at radius 1 is 1.31 bits per heavy atom. The maximum absolute atomic E-state index is 8.59. The Kier molecular flexibility index (Phi) is 4.49. The van der Waals surface area contributed by atoms with Gasteiger partial charge < -0.3 is 11.5 Å². The quantitative estimate of drug-likeness (QED) is 0.612. The van der Waals surface area contributed by atoms with E-state index in [1.165, 1.54) is 7.05 Å². The first-order chi connectivity index (χ1) is 6.15. The van der Waals surface area contributed by atoms with Crippen LogP contribution in [-0.4, -0.2) is 12.0 Å². The van der Waals surface area contributed by atoms with Crippen molar-refractivity contribution in [3.05, 3.63) is 23.0 Å². The van der Waals surface area contributed by atoms with Gasteiger partial charge in [0.05, 0.1) is 22.6 Å². The molecule has 0 amide bonds. The Labute approximate surface area is 78.2 Å². The van der Waals surface area contributed by atoms with Crippen LogP contribution in [0.1, 0.15) is 17.0 Å². The average Bonchev–Trinajstić information content (AvgIpc) is 2.15. The van der Waals surface area contributed by atoms with Crippen LogP contribution in [0.3, 0.4) is 0 Å². The lowest BCUT2D eigenvalue weighted by atomic mass is 10.2. The van der Waals surface area contributed by atoms with Gasteiger partial charge in [-0.15, -0.1) is 0 Å². The third-order valence-corrected chi connectivity index (χ3v) is 1.56. The van der Waals surface area contributed by atoms with E-state index >= 15 is 0 Å². The van der Waals surface area contributed by atoms with Crippen LogP contribution in [0.2, 0.25) is 0 Å².